The number of hydrogen-bond donors (Lipinski definition) is 1. The molecule has 2 heterocycles. The fourth-order valence-electron chi connectivity index (χ4n) is 3.16. The van der Waals surface area contributed by atoms with Gasteiger partial charge in [0.25, 0.3) is 0 Å². The molecule has 0 radical (unpaired) electrons. The molecule has 9 heteroatoms. The maximum absolute atomic E-state index is 12.8. The third kappa shape index (κ3) is 4.76. The first kappa shape index (κ1) is 20.7. The molecule has 0 aliphatic carbocycles. The summed E-state index contributed by atoms with van der Waals surface area (Å²) >= 11 is 0. The number of likely N-dealkylation sites (tertiary alicyclic amines) is 1. The molecule has 0 unspecified atom stereocenters. The fourth-order valence-corrected chi connectivity index (χ4v) is 4.73. The van der Waals surface area contributed by atoms with Gasteiger partial charge in [-0.1, -0.05) is 0 Å². The van der Waals surface area contributed by atoms with Crippen LogP contribution >= 0.6 is 0 Å². The van der Waals surface area contributed by atoms with Gasteiger partial charge in [0, 0.05) is 26.7 Å². The molecule has 2 rings (SSSR count). The number of nitrogens with one attached hydrogen (secondary N) is 1. The fraction of sp³-hybridized carbons (Fsp3) is 0.765. The second kappa shape index (κ2) is 7.56. The minimum atomic E-state index is -3.58. The van der Waals surface area contributed by atoms with Crippen LogP contribution in [0.4, 0.5) is 4.79 Å². The predicted molar refractivity (Wildman–Crippen MR) is 98.4 cm³/mol. The van der Waals surface area contributed by atoms with Crippen molar-refractivity contribution in [3.8, 4) is 0 Å². The van der Waals surface area contributed by atoms with Gasteiger partial charge in [-0.15, -0.1) is 0 Å². The van der Waals surface area contributed by atoms with Gasteiger partial charge in [0.05, 0.1) is 11.4 Å². The molecule has 1 aliphatic heterocycles. The van der Waals surface area contributed by atoms with Crippen LogP contribution in [0.2, 0.25) is 0 Å². The van der Waals surface area contributed by atoms with Crippen LogP contribution in [0.3, 0.4) is 0 Å². The maximum atomic E-state index is 12.8. The topological polar surface area (TPSA) is 95.6 Å². The standard InChI is InChI=1S/C17H30N4O4S/c1-12-15(13(2)19-18-12)26(23,24)20(6)11-14-7-9-21(10-8-14)16(22)25-17(3,4)5/h14H,7-11H2,1-6H3,(H,18,19). The van der Waals surface area contributed by atoms with Gasteiger partial charge in [-0.25, -0.2) is 17.5 Å². The molecule has 0 bridgehead atoms. The number of piperidine rings is 1. The summed E-state index contributed by atoms with van der Waals surface area (Å²) in [5, 5.41) is 6.71. The van der Waals surface area contributed by atoms with Crippen molar-refractivity contribution in [2.24, 2.45) is 5.92 Å². The molecule has 8 nitrogen and oxygen atoms in total. The Morgan fingerprint density at radius 3 is 2.35 bits per heavy atom. The molecule has 1 saturated heterocycles. The highest BCUT2D eigenvalue weighted by Crippen LogP contribution is 2.25. The number of nitrogens with zero attached hydrogens (tertiary/aromatic N) is 3. The smallest absolute Gasteiger partial charge is 0.410 e. The second-order valence-electron chi connectivity index (χ2n) is 7.96. The predicted octanol–water partition coefficient (Wildman–Crippen LogP) is 2.29. The Labute approximate surface area is 155 Å². The van der Waals surface area contributed by atoms with E-state index in [0.717, 1.165) is 12.8 Å². The average Bonchev–Trinajstić information content (AvgIpc) is 2.85. The van der Waals surface area contributed by atoms with Crippen LogP contribution in [0.15, 0.2) is 4.90 Å². The van der Waals surface area contributed by atoms with Gasteiger partial charge in [0.15, 0.2) is 0 Å². The molecule has 0 spiro atoms. The summed E-state index contributed by atoms with van der Waals surface area (Å²) in [5.74, 6) is 0.209. The Kier molecular flexibility index (Phi) is 6.02. The van der Waals surface area contributed by atoms with Crippen molar-refractivity contribution in [1.82, 2.24) is 19.4 Å². The van der Waals surface area contributed by atoms with Crippen molar-refractivity contribution in [3.63, 3.8) is 0 Å². The summed E-state index contributed by atoms with van der Waals surface area (Å²) in [6, 6.07) is 0. The largest absolute Gasteiger partial charge is 0.444 e. The van der Waals surface area contributed by atoms with E-state index in [1.54, 1.807) is 25.8 Å². The Morgan fingerprint density at radius 2 is 1.88 bits per heavy atom. The summed E-state index contributed by atoms with van der Waals surface area (Å²) in [7, 11) is -1.98. The van der Waals surface area contributed by atoms with Crippen LogP contribution in [-0.2, 0) is 14.8 Å². The summed E-state index contributed by atoms with van der Waals surface area (Å²) < 4.78 is 32.4. The van der Waals surface area contributed by atoms with E-state index in [4.69, 9.17) is 4.74 Å². The number of aryl methyl sites for hydroxylation is 2. The van der Waals surface area contributed by atoms with Gasteiger partial charge < -0.3 is 9.64 Å². The molecular weight excluding hydrogens is 356 g/mol. The molecule has 1 fully saturated rings. The molecule has 0 aromatic carbocycles. The lowest BCUT2D eigenvalue weighted by molar-refractivity contribution is 0.0179. The van der Waals surface area contributed by atoms with Gasteiger partial charge in [0.1, 0.15) is 10.5 Å². The van der Waals surface area contributed by atoms with E-state index in [2.05, 4.69) is 10.2 Å². The average molecular weight is 387 g/mol. The van der Waals surface area contributed by atoms with Gasteiger partial charge >= 0.3 is 6.09 Å². The number of rotatable bonds is 4. The van der Waals surface area contributed by atoms with Gasteiger partial charge in [-0.05, 0) is 53.4 Å². The highest BCUT2D eigenvalue weighted by Gasteiger charge is 2.31. The van der Waals surface area contributed by atoms with Crippen LogP contribution in [0.25, 0.3) is 0 Å². The van der Waals surface area contributed by atoms with E-state index in [9.17, 15) is 13.2 Å². The molecule has 1 aromatic heterocycles. The molecule has 1 aliphatic rings. The van der Waals surface area contributed by atoms with E-state index in [1.165, 1.54) is 4.31 Å². The van der Waals surface area contributed by atoms with E-state index in [-0.39, 0.29) is 16.9 Å². The van der Waals surface area contributed by atoms with E-state index >= 15 is 0 Å². The third-order valence-electron chi connectivity index (χ3n) is 4.51. The van der Waals surface area contributed by atoms with Crippen molar-refractivity contribution in [1.29, 1.82) is 0 Å². The maximum Gasteiger partial charge on any atom is 0.410 e. The summed E-state index contributed by atoms with van der Waals surface area (Å²) in [5.41, 5.74) is 0.519. The number of sulfonamides is 1. The highest BCUT2D eigenvalue weighted by atomic mass is 32.2. The number of H-pyrrole nitrogens is 1. The lowest BCUT2D eigenvalue weighted by Gasteiger charge is -2.34. The lowest BCUT2D eigenvalue weighted by atomic mass is 9.97. The normalized spacial score (nSPS) is 17.0. The SMILES string of the molecule is Cc1n[nH]c(C)c1S(=O)(=O)N(C)CC1CCN(C(=O)OC(C)(C)C)CC1. The van der Waals surface area contributed by atoms with Crippen LogP contribution in [0, 0.1) is 19.8 Å². The quantitative estimate of drug-likeness (QED) is 0.856. The zero-order valence-electron chi connectivity index (χ0n) is 16.5. The number of amides is 1. The number of ether oxygens (including phenoxy) is 1. The third-order valence-corrected chi connectivity index (χ3v) is 6.60. The molecule has 26 heavy (non-hydrogen) atoms. The minimum absolute atomic E-state index is 0.209. The molecule has 148 valence electrons. The first-order valence-corrected chi connectivity index (χ1v) is 10.3. The Balaban J connectivity index is 1.94. The lowest BCUT2D eigenvalue weighted by Crippen LogP contribution is -2.44. The Hall–Kier alpha value is -1.61. The van der Waals surface area contributed by atoms with Crippen molar-refractivity contribution in [2.45, 2.75) is 58.0 Å². The van der Waals surface area contributed by atoms with Crippen LogP contribution in [0.5, 0.6) is 0 Å². The number of carbonyl (C=O) groups is 1. The van der Waals surface area contributed by atoms with Gasteiger partial charge in [-0.3, -0.25) is 5.10 Å². The second-order valence-corrected chi connectivity index (χ2v) is 9.94. The van der Waals surface area contributed by atoms with Crippen molar-refractivity contribution in [2.75, 3.05) is 26.7 Å². The van der Waals surface area contributed by atoms with E-state index in [0.29, 0.717) is 31.0 Å². The van der Waals surface area contributed by atoms with Crippen molar-refractivity contribution < 1.29 is 17.9 Å². The van der Waals surface area contributed by atoms with Crippen LogP contribution in [0.1, 0.15) is 45.0 Å². The number of aromatic amines is 1. The first-order chi connectivity index (χ1) is 11.9. The minimum Gasteiger partial charge on any atom is -0.444 e. The number of hydrogen-bond acceptors (Lipinski definition) is 5. The van der Waals surface area contributed by atoms with E-state index < -0.39 is 15.6 Å². The summed E-state index contributed by atoms with van der Waals surface area (Å²) in [6.45, 7) is 10.5. The Bertz CT molecular complexity index is 724. The molecule has 0 saturated carbocycles. The van der Waals surface area contributed by atoms with Crippen LogP contribution in [-0.4, -0.2) is 66.2 Å². The molecule has 0 atom stereocenters. The molecule has 1 aromatic rings. The monoisotopic (exact) mass is 386 g/mol. The first-order valence-electron chi connectivity index (χ1n) is 8.87. The zero-order valence-corrected chi connectivity index (χ0v) is 17.3. The van der Waals surface area contributed by atoms with Gasteiger partial charge in [-0.2, -0.15) is 5.10 Å². The highest BCUT2D eigenvalue weighted by molar-refractivity contribution is 7.89. The molecular formula is C17H30N4O4S. The van der Waals surface area contributed by atoms with Crippen molar-refractivity contribution >= 4 is 16.1 Å². The molecule has 1 amide bonds. The Morgan fingerprint density at radius 1 is 1.31 bits per heavy atom. The van der Waals surface area contributed by atoms with E-state index in [1.807, 2.05) is 20.8 Å². The summed E-state index contributed by atoms with van der Waals surface area (Å²) in [4.78, 5) is 14.1. The van der Waals surface area contributed by atoms with Crippen molar-refractivity contribution in [3.05, 3.63) is 11.4 Å². The number of aromatic nitrogens is 2. The van der Waals surface area contributed by atoms with Gasteiger partial charge in [0.2, 0.25) is 10.0 Å². The van der Waals surface area contributed by atoms with Crippen LogP contribution < -0.4 is 0 Å². The zero-order chi connectivity index (χ0) is 19.7. The number of carbonyl (C=O) groups excluding carboxylic acids is 1. The summed E-state index contributed by atoms with van der Waals surface area (Å²) in [6.07, 6.45) is 1.20. The molecule has 1 N–H and O–H groups in total.